The van der Waals surface area contributed by atoms with Gasteiger partial charge in [0.2, 0.25) is 0 Å². The number of hydrogen-bond donors (Lipinski definition) is 0. The highest BCUT2D eigenvalue weighted by Gasteiger charge is 2.19. The quantitative estimate of drug-likeness (QED) is 0.0262. The van der Waals surface area contributed by atoms with Gasteiger partial charge in [0.15, 0.2) is 6.10 Å². The van der Waals surface area contributed by atoms with Gasteiger partial charge < -0.3 is 14.2 Å². The zero-order valence-corrected chi connectivity index (χ0v) is 45.2. The molecule has 0 aromatic heterocycles. The summed E-state index contributed by atoms with van der Waals surface area (Å²) in [4.78, 5) is 38.1. The van der Waals surface area contributed by atoms with Crippen molar-refractivity contribution in [1.29, 1.82) is 0 Å². The molecule has 0 aliphatic carbocycles. The Bertz CT molecular complexity index is 1080. The number of carbonyl (C=O) groups excluding carboxylic acids is 3. The van der Waals surface area contributed by atoms with E-state index in [1.807, 2.05) is 0 Å². The monoisotopic (exact) mass is 943 g/mol. The van der Waals surface area contributed by atoms with Crippen molar-refractivity contribution >= 4 is 17.9 Å². The van der Waals surface area contributed by atoms with Gasteiger partial charge in [0.1, 0.15) is 13.2 Å². The van der Waals surface area contributed by atoms with Crippen LogP contribution in [-0.2, 0) is 28.6 Å². The van der Waals surface area contributed by atoms with Crippen molar-refractivity contribution < 1.29 is 28.6 Å². The Hall–Kier alpha value is -2.11. The van der Waals surface area contributed by atoms with Crippen molar-refractivity contribution in [3.63, 3.8) is 0 Å². The highest BCUT2D eigenvalue weighted by atomic mass is 16.6. The van der Waals surface area contributed by atoms with E-state index in [0.29, 0.717) is 19.3 Å². The van der Waals surface area contributed by atoms with Gasteiger partial charge in [0.05, 0.1) is 0 Å². The lowest BCUT2D eigenvalue weighted by Gasteiger charge is -2.18. The fourth-order valence-corrected chi connectivity index (χ4v) is 8.95. The van der Waals surface area contributed by atoms with E-state index < -0.39 is 6.10 Å². The minimum atomic E-state index is -0.765. The van der Waals surface area contributed by atoms with E-state index in [0.717, 1.165) is 64.2 Å². The Morgan fingerprint density at radius 2 is 0.537 bits per heavy atom. The molecular weight excluding hydrogens is 829 g/mol. The molecule has 0 aliphatic heterocycles. The van der Waals surface area contributed by atoms with Crippen molar-refractivity contribution in [2.75, 3.05) is 13.2 Å². The van der Waals surface area contributed by atoms with Crippen molar-refractivity contribution in [3.8, 4) is 0 Å². The molecule has 0 amide bonds. The molecule has 6 nitrogen and oxygen atoms in total. The topological polar surface area (TPSA) is 78.9 Å². The lowest BCUT2D eigenvalue weighted by atomic mass is 10.0. The fraction of sp³-hybridized carbons (Fsp3) is 0.885. The van der Waals surface area contributed by atoms with Gasteiger partial charge in [-0.1, -0.05) is 283 Å². The first-order valence-corrected chi connectivity index (χ1v) is 29.8. The third-order valence-corrected chi connectivity index (χ3v) is 13.5. The number of carbonyl (C=O) groups is 3. The number of unbranched alkanes of at least 4 members (excludes halogenated alkanes) is 40. The summed E-state index contributed by atoms with van der Waals surface area (Å²) in [6.45, 7) is 6.67. The van der Waals surface area contributed by atoms with Gasteiger partial charge in [0.25, 0.3) is 0 Å². The molecule has 0 fully saturated rings. The summed E-state index contributed by atoms with van der Waals surface area (Å²) in [6.07, 6.45) is 66.1. The van der Waals surface area contributed by atoms with E-state index in [4.69, 9.17) is 14.2 Å². The number of rotatable bonds is 55. The van der Waals surface area contributed by atoms with E-state index in [-0.39, 0.29) is 31.1 Å². The van der Waals surface area contributed by atoms with Gasteiger partial charge in [0, 0.05) is 19.3 Å². The molecule has 0 spiro atoms. The molecule has 394 valence electrons. The Morgan fingerprint density at radius 1 is 0.299 bits per heavy atom. The maximum absolute atomic E-state index is 12.8. The van der Waals surface area contributed by atoms with Crippen molar-refractivity contribution in [2.45, 2.75) is 335 Å². The number of hydrogen-bond acceptors (Lipinski definition) is 6. The second-order valence-electron chi connectivity index (χ2n) is 20.3. The maximum atomic E-state index is 12.8. The van der Waals surface area contributed by atoms with Gasteiger partial charge in [-0.3, -0.25) is 14.4 Å². The summed E-state index contributed by atoms with van der Waals surface area (Å²) in [7, 11) is 0. The highest BCUT2D eigenvalue weighted by molar-refractivity contribution is 5.71. The van der Waals surface area contributed by atoms with Crippen molar-refractivity contribution in [2.24, 2.45) is 0 Å². The van der Waals surface area contributed by atoms with E-state index in [9.17, 15) is 14.4 Å². The molecular formula is C61H114O6. The van der Waals surface area contributed by atoms with Gasteiger partial charge in [-0.15, -0.1) is 0 Å². The lowest BCUT2D eigenvalue weighted by Crippen LogP contribution is -2.30. The minimum Gasteiger partial charge on any atom is -0.462 e. The fourth-order valence-electron chi connectivity index (χ4n) is 8.95. The molecule has 0 aromatic rings. The first kappa shape index (κ1) is 64.9. The molecule has 0 heterocycles. The van der Waals surface area contributed by atoms with Crippen LogP contribution in [0.1, 0.15) is 329 Å². The molecule has 0 bridgehead atoms. The highest BCUT2D eigenvalue weighted by Crippen LogP contribution is 2.17. The molecule has 67 heavy (non-hydrogen) atoms. The van der Waals surface area contributed by atoms with Gasteiger partial charge in [-0.05, 0) is 51.4 Å². The molecule has 0 aromatic carbocycles. The van der Waals surface area contributed by atoms with Crippen LogP contribution in [0, 0.1) is 0 Å². The molecule has 0 N–H and O–H groups in total. The van der Waals surface area contributed by atoms with Gasteiger partial charge in [-0.2, -0.15) is 0 Å². The van der Waals surface area contributed by atoms with Crippen LogP contribution < -0.4 is 0 Å². The summed E-state index contributed by atoms with van der Waals surface area (Å²) in [6, 6.07) is 0. The maximum Gasteiger partial charge on any atom is 0.306 e. The number of ether oxygens (including phenoxy) is 3. The van der Waals surface area contributed by atoms with Crippen LogP contribution in [0.4, 0.5) is 0 Å². The van der Waals surface area contributed by atoms with E-state index >= 15 is 0 Å². The SMILES string of the molecule is CCCCCCC/C=C\C/C=C\CCCCCCCCCCCCCCCC(=O)OCC(COC(=O)CCCCCCCCCCCCCC)OC(=O)CCCCCCCCCCCCCC. The van der Waals surface area contributed by atoms with Crippen LogP contribution in [-0.4, -0.2) is 37.2 Å². The first-order valence-electron chi connectivity index (χ1n) is 29.8. The Kier molecular flexibility index (Phi) is 54.7. The van der Waals surface area contributed by atoms with Crippen LogP contribution in [0.5, 0.6) is 0 Å². The third kappa shape index (κ3) is 54.7. The number of allylic oxidation sites excluding steroid dienone is 4. The van der Waals surface area contributed by atoms with Crippen LogP contribution in [0.25, 0.3) is 0 Å². The predicted molar refractivity (Wildman–Crippen MR) is 289 cm³/mol. The second kappa shape index (κ2) is 56.5. The normalized spacial score (nSPS) is 12.1. The van der Waals surface area contributed by atoms with Gasteiger partial charge >= 0.3 is 17.9 Å². The summed E-state index contributed by atoms with van der Waals surface area (Å²) in [5.74, 6) is -0.846. The minimum absolute atomic E-state index is 0.0653. The zero-order valence-electron chi connectivity index (χ0n) is 45.2. The molecule has 1 unspecified atom stereocenters. The zero-order chi connectivity index (χ0) is 48.6. The molecule has 0 radical (unpaired) electrons. The summed E-state index contributed by atoms with van der Waals surface area (Å²) < 4.78 is 16.9. The van der Waals surface area contributed by atoms with Crippen molar-refractivity contribution in [3.05, 3.63) is 24.3 Å². The average molecular weight is 944 g/mol. The van der Waals surface area contributed by atoms with E-state index in [2.05, 4.69) is 45.1 Å². The summed E-state index contributed by atoms with van der Waals surface area (Å²) >= 11 is 0. The third-order valence-electron chi connectivity index (χ3n) is 13.5. The van der Waals surface area contributed by atoms with Gasteiger partial charge in [-0.25, -0.2) is 0 Å². The Morgan fingerprint density at radius 3 is 0.821 bits per heavy atom. The smallest absolute Gasteiger partial charge is 0.306 e. The second-order valence-corrected chi connectivity index (χ2v) is 20.3. The Balaban J connectivity index is 4.17. The van der Waals surface area contributed by atoms with E-state index in [1.165, 1.54) is 225 Å². The van der Waals surface area contributed by atoms with Crippen LogP contribution >= 0.6 is 0 Å². The van der Waals surface area contributed by atoms with Crippen LogP contribution in [0.15, 0.2) is 24.3 Å². The molecule has 1 atom stereocenters. The molecule has 0 rings (SSSR count). The molecule has 0 aliphatic rings. The first-order chi connectivity index (χ1) is 33.0. The summed E-state index contributed by atoms with van der Waals surface area (Å²) in [5, 5.41) is 0. The molecule has 0 saturated carbocycles. The molecule has 0 saturated heterocycles. The standard InChI is InChI=1S/C61H114O6/c1-4-7-10-13-16-19-22-25-26-27-28-29-30-31-32-33-34-35-36-37-40-42-45-48-51-54-60(63)66-57-58(67-61(64)55-52-49-46-43-39-24-21-18-15-12-9-6-3)56-65-59(62)53-50-47-44-41-38-23-20-17-14-11-8-5-2/h22,25,27-28,58H,4-21,23-24,26,29-57H2,1-3H3/b25-22-,28-27-. The largest absolute Gasteiger partial charge is 0.462 e. The van der Waals surface area contributed by atoms with Crippen molar-refractivity contribution in [1.82, 2.24) is 0 Å². The van der Waals surface area contributed by atoms with E-state index in [1.54, 1.807) is 0 Å². The van der Waals surface area contributed by atoms with Crippen LogP contribution in [0.3, 0.4) is 0 Å². The molecule has 6 heteroatoms. The summed E-state index contributed by atoms with van der Waals surface area (Å²) in [5.41, 5.74) is 0. The number of esters is 3. The predicted octanol–water partition coefficient (Wildman–Crippen LogP) is 19.9. The van der Waals surface area contributed by atoms with Crippen LogP contribution in [0.2, 0.25) is 0 Å². The Labute approximate surface area is 417 Å². The average Bonchev–Trinajstić information content (AvgIpc) is 3.33. The lowest BCUT2D eigenvalue weighted by molar-refractivity contribution is -0.167.